The fourth-order valence-electron chi connectivity index (χ4n) is 3.39. The Kier molecular flexibility index (Phi) is 4.16. The van der Waals surface area contributed by atoms with E-state index in [-0.39, 0.29) is 28.9 Å². The second-order valence-electron chi connectivity index (χ2n) is 6.37. The van der Waals surface area contributed by atoms with Crippen LogP contribution in [0.5, 0.6) is 0 Å². The summed E-state index contributed by atoms with van der Waals surface area (Å²) in [5.74, 6) is 0.557. The average molecular weight is 354 g/mol. The molecule has 0 bridgehead atoms. The quantitative estimate of drug-likeness (QED) is 0.755. The number of aromatic nitrogens is 4. The summed E-state index contributed by atoms with van der Waals surface area (Å²) in [7, 11) is 0. The van der Waals surface area contributed by atoms with E-state index in [4.69, 9.17) is 5.73 Å². The SMILES string of the molecule is Nc1c(C(=O)N2CCCC(c3ncc[nH]3)C2)cnn1-c1ccccc1F. The maximum absolute atomic E-state index is 14.0. The standard InChI is InChI=1S/C18H19FN6O/c19-14-5-1-2-6-15(14)25-16(20)13(10-23-25)18(26)24-9-3-4-12(11-24)17-21-7-8-22-17/h1-2,5-8,10,12H,3-4,9,11,20H2,(H,21,22). The van der Waals surface area contributed by atoms with Crippen molar-refractivity contribution < 1.29 is 9.18 Å². The molecule has 1 atom stereocenters. The first-order chi connectivity index (χ1) is 12.6. The normalized spacial score (nSPS) is 17.4. The summed E-state index contributed by atoms with van der Waals surface area (Å²) in [4.78, 5) is 22.1. The highest BCUT2D eigenvalue weighted by Crippen LogP contribution is 2.27. The zero-order valence-corrected chi connectivity index (χ0v) is 14.1. The summed E-state index contributed by atoms with van der Waals surface area (Å²) < 4.78 is 15.3. The number of piperidine rings is 1. The van der Waals surface area contributed by atoms with Crippen LogP contribution in [0.25, 0.3) is 5.69 Å². The smallest absolute Gasteiger partial charge is 0.259 e. The number of hydrogen-bond donors (Lipinski definition) is 2. The van der Waals surface area contributed by atoms with Crippen molar-refractivity contribution in [2.75, 3.05) is 18.8 Å². The zero-order chi connectivity index (χ0) is 18.1. The van der Waals surface area contributed by atoms with Gasteiger partial charge in [0.15, 0.2) is 0 Å². The molecule has 134 valence electrons. The van der Waals surface area contributed by atoms with Crippen molar-refractivity contribution in [1.29, 1.82) is 0 Å². The van der Waals surface area contributed by atoms with E-state index >= 15 is 0 Å². The van der Waals surface area contributed by atoms with E-state index in [1.807, 2.05) is 0 Å². The Bertz CT molecular complexity index is 920. The molecule has 2 aromatic heterocycles. The number of nitrogen functional groups attached to an aromatic ring is 1. The van der Waals surface area contributed by atoms with Gasteiger partial charge in [-0.25, -0.2) is 14.1 Å². The Morgan fingerprint density at radius 3 is 2.96 bits per heavy atom. The number of halogens is 1. The van der Waals surface area contributed by atoms with Crippen molar-refractivity contribution in [3.63, 3.8) is 0 Å². The maximum Gasteiger partial charge on any atom is 0.259 e. The van der Waals surface area contributed by atoms with Crippen LogP contribution in [0.3, 0.4) is 0 Å². The fourth-order valence-corrected chi connectivity index (χ4v) is 3.39. The van der Waals surface area contributed by atoms with E-state index in [0.29, 0.717) is 13.1 Å². The molecule has 0 radical (unpaired) electrons. The first-order valence-electron chi connectivity index (χ1n) is 8.52. The van der Waals surface area contributed by atoms with Crippen molar-refractivity contribution in [1.82, 2.24) is 24.6 Å². The van der Waals surface area contributed by atoms with Gasteiger partial charge < -0.3 is 15.6 Å². The van der Waals surface area contributed by atoms with Gasteiger partial charge in [0.05, 0.1) is 6.20 Å². The molecule has 3 N–H and O–H groups in total. The van der Waals surface area contributed by atoms with Gasteiger partial charge in [0, 0.05) is 31.4 Å². The molecule has 4 rings (SSSR count). The molecular weight excluding hydrogens is 335 g/mol. The molecule has 1 aliphatic rings. The number of nitrogens with two attached hydrogens (primary N) is 1. The van der Waals surface area contributed by atoms with Gasteiger partial charge in [0.25, 0.3) is 5.91 Å². The second-order valence-corrected chi connectivity index (χ2v) is 6.37. The lowest BCUT2D eigenvalue weighted by Crippen LogP contribution is -2.39. The number of para-hydroxylation sites is 1. The number of carbonyl (C=O) groups is 1. The lowest BCUT2D eigenvalue weighted by molar-refractivity contribution is 0.0706. The molecule has 0 aliphatic carbocycles. The number of aromatic amines is 1. The van der Waals surface area contributed by atoms with Crippen LogP contribution in [-0.2, 0) is 0 Å². The molecule has 26 heavy (non-hydrogen) atoms. The number of nitrogens with one attached hydrogen (secondary N) is 1. The van der Waals surface area contributed by atoms with Gasteiger partial charge in [-0.3, -0.25) is 4.79 Å². The lowest BCUT2D eigenvalue weighted by Gasteiger charge is -2.31. The number of anilines is 1. The van der Waals surface area contributed by atoms with E-state index in [9.17, 15) is 9.18 Å². The minimum atomic E-state index is -0.447. The fraction of sp³-hybridized carbons (Fsp3) is 0.278. The predicted octanol–water partition coefficient (Wildman–Crippen LogP) is 2.34. The third-order valence-corrected chi connectivity index (χ3v) is 4.73. The number of rotatable bonds is 3. The number of amides is 1. The van der Waals surface area contributed by atoms with Gasteiger partial charge in [-0.1, -0.05) is 12.1 Å². The molecule has 1 aliphatic heterocycles. The Hall–Kier alpha value is -3.16. The van der Waals surface area contributed by atoms with E-state index in [2.05, 4.69) is 15.1 Å². The number of H-pyrrole nitrogens is 1. The highest BCUT2D eigenvalue weighted by molar-refractivity contribution is 5.98. The lowest BCUT2D eigenvalue weighted by atomic mass is 9.97. The summed E-state index contributed by atoms with van der Waals surface area (Å²) in [6.45, 7) is 1.22. The van der Waals surface area contributed by atoms with Crippen LogP contribution in [-0.4, -0.2) is 43.6 Å². The average Bonchev–Trinajstić information content (AvgIpc) is 3.32. The highest BCUT2D eigenvalue weighted by atomic mass is 19.1. The minimum absolute atomic E-state index is 0.139. The molecule has 3 aromatic rings. The first-order valence-corrected chi connectivity index (χ1v) is 8.52. The van der Waals surface area contributed by atoms with E-state index in [1.165, 1.54) is 16.9 Å². The number of benzene rings is 1. The maximum atomic E-state index is 14.0. The van der Waals surface area contributed by atoms with Gasteiger partial charge in [-0.2, -0.15) is 5.10 Å². The van der Waals surface area contributed by atoms with E-state index in [0.717, 1.165) is 18.7 Å². The van der Waals surface area contributed by atoms with Crippen LogP contribution < -0.4 is 5.73 Å². The number of hydrogen-bond acceptors (Lipinski definition) is 4. The Morgan fingerprint density at radius 2 is 2.19 bits per heavy atom. The van der Waals surface area contributed by atoms with Crippen LogP contribution in [0.2, 0.25) is 0 Å². The summed E-state index contributed by atoms with van der Waals surface area (Å²) in [6.07, 6.45) is 6.76. The monoisotopic (exact) mass is 354 g/mol. The minimum Gasteiger partial charge on any atom is -0.383 e. The van der Waals surface area contributed by atoms with E-state index < -0.39 is 5.82 Å². The molecule has 3 heterocycles. The zero-order valence-electron chi connectivity index (χ0n) is 14.1. The molecule has 8 heteroatoms. The number of nitrogens with zero attached hydrogens (tertiary/aromatic N) is 4. The summed E-state index contributed by atoms with van der Waals surface area (Å²) in [6, 6.07) is 6.18. The second kappa shape index (κ2) is 6.62. The Labute approximate surface area is 149 Å². The summed E-state index contributed by atoms with van der Waals surface area (Å²) >= 11 is 0. The van der Waals surface area contributed by atoms with Crippen molar-refractivity contribution in [2.45, 2.75) is 18.8 Å². The van der Waals surface area contributed by atoms with Crippen LogP contribution in [0.4, 0.5) is 10.2 Å². The predicted molar refractivity (Wildman–Crippen MR) is 94.4 cm³/mol. The molecule has 1 fully saturated rings. The Balaban J connectivity index is 1.58. The largest absolute Gasteiger partial charge is 0.383 e. The summed E-state index contributed by atoms with van der Waals surface area (Å²) in [5.41, 5.74) is 6.61. The van der Waals surface area contributed by atoms with Gasteiger partial charge >= 0.3 is 0 Å². The molecule has 1 amide bonds. The number of imidazole rings is 1. The van der Waals surface area contributed by atoms with Gasteiger partial charge in [0.2, 0.25) is 0 Å². The third-order valence-electron chi connectivity index (χ3n) is 4.73. The first kappa shape index (κ1) is 16.3. The molecule has 1 unspecified atom stereocenters. The van der Waals surface area contributed by atoms with Crippen LogP contribution in [0.1, 0.15) is 34.9 Å². The van der Waals surface area contributed by atoms with E-state index in [1.54, 1.807) is 35.5 Å². The van der Waals surface area contributed by atoms with Crippen molar-refractivity contribution in [2.24, 2.45) is 0 Å². The van der Waals surface area contributed by atoms with Gasteiger partial charge in [-0.05, 0) is 25.0 Å². The van der Waals surface area contributed by atoms with Crippen molar-refractivity contribution in [3.05, 3.63) is 60.1 Å². The van der Waals surface area contributed by atoms with Crippen LogP contribution in [0, 0.1) is 5.82 Å². The topological polar surface area (TPSA) is 92.8 Å². The van der Waals surface area contributed by atoms with Crippen molar-refractivity contribution in [3.8, 4) is 5.69 Å². The van der Waals surface area contributed by atoms with Gasteiger partial charge in [0.1, 0.15) is 28.7 Å². The molecular formula is C18H19FN6O. The molecule has 1 aromatic carbocycles. The molecule has 7 nitrogen and oxygen atoms in total. The Morgan fingerprint density at radius 1 is 1.35 bits per heavy atom. The summed E-state index contributed by atoms with van der Waals surface area (Å²) in [5, 5.41) is 4.12. The highest BCUT2D eigenvalue weighted by Gasteiger charge is 2.29. The van der Waals surface area contributed by atoms with Crippen molar-refractivity contribution >= 4 is 11.7 Å². The molecule has 1 saturated heterocycles. The third kappa shape index (κ3) is 2.83. The molecule has 0 spiro atoms. The van der Waals surface area contributed by atoms with Crippen LogP contribution in [0.15, 0.2) is 42.9 Å². The number of likely N-dealkylation sites (tertiary alicyclic amines) is 1. The van der Waals surface area contributed by atoms with Gasteiger partial charge in [-0.15, -0.1) is 0 Å². The number of carbonyl (C=O) groups excluding carboxylic acids is 1. The van der Waals surface area contributed by atoms with Crippen LogP contribution >= 0.6 is 0 Å². The molecule has 0 saturated carbocycles.